The van der Waals surface area contributed by atoms with Crippen LogP contribution in [0.3, 0.4) is 0 Å². The van der Waals surface area contributed by atoms with Crippen molar-refractivity contribution in [2.75, 3.05) is 0 Å². The Hall–Kier alpha value is -1.57. The molecule has 1 unspecified atom stereocenters. The van der Waals surface area contributed by atoms with E-state index in [1.165, 1.54) is 11.1 Å². The molecule has 2 nitrogen and oxygen atoms in total. The minimum absolute atomic E-state index is 0.139. The van der Waals surface area contributed by atoms with Gasteiger partial charge in [-0.15, -0.1) is 0 Å². The van der Waals surface area contributed by atoms with Crippen molar-refractivity contribution in [1.82, 2.24) is 0 Å². The van der Waals surface area contributed by atoms with Crippen LogP contribution < -0.4 is 0 Å². The second-order valence-corrected chi connectivity index (χ2v) is 7.01. The van der Waals surface area contributed by atoms with Crippen LogP contribution in [0.1, 0.15) is 69.8 Å². The number of ether oxygens (including phenoxy) is 1. The SMILES string of the molecule is CCC(C)(C)c1ccc(C(=O)OC2(C)C=C(C)CC2)cc1. The molecular formula is C19H26O2. The number of hydrogen-bond acceptors (Lipinski definition) is 2. The monoisotopic (exact) mass is 286 g/mol. The van der Waals surface area contributed by atoms with Crippen molar-refractivity contribution in [3.8, 4) is 0 Å². The summed E-state index contributed by atoms with van der Waals surface area (Å²) in [5.41, 5.74) is 2.88. The highest BCUT2D eigenvalue weighted by Gasteiger charge is 2.31. The molecule has 0 bridgehead atoms. The van der Waals surface area contributed by atoms with Gasteiger partial charge in [-0.2, -0.15) is 0 Å². The predicted molar refractivity (Wildman–Crippen MR) is 86.6 cm³/mol. The molecule has 1 aromatic rings. The average Bonchev–Trinajstić information content (AvgIpc) is 2.78. The summed E-state index contributed by atoms with van der Waals surface area (Å²) in [5.74, 6) is -0.232. The molecule has 21 heavy (non-hydrogen) atoms. The standard InChI is InChI=1S/C19H26O2/c1-6-18(3,4)16-9-7-15(8-10-16)17(20)21-19(5)12-11-14(2)13-19/h7-10,13H,6,11-12H2,1-5H3. The Morgan fingerprint density at radius 2 is 1.90 bits per heavy atom. The van der Waals surface area contributed by atoms with Crippen LogP contribution in [0.15, 0.2) is 35.9 Å². The van der Waals surface area contributed by atoms with Crippen LogP contribution in [-0.4, -0.2) is 11.6 Å². The number of hydrogen-bond donors (Lipinski definition) is 0. The normalized spacial score (nSPS) is 22.0. The van der Waals surface area contributed by atoms with Crippen LogP contribution in [-0.2, 0) is 10.2 Å². The quantitative estimate of drug-likeness (QED) is 0.573. The Kier molecular flexibility index (Phi) is 4.27. The second-order valence-electron chi connectivity index (χ2n) is 7.01. The van der Waals surface area contributed by atoms with Crippen LogP contribution in [0.5, 0.6) is 0 Å². The van der Waals surface area contributed by atoms with Crippen molar-refractivity contribution in [2.24, 2.45) is 0 Å². The third-order valence-electron chi connectivity index (χ3n) is 4.68. The maximum Gasteiger partial charge on any atom is 0.338 e. The summed E-state index contributed by atoms with van der Waals surface area (Å²) in [4.78, 5) is 12.3. The van der Waals surface area contributed by atoms with Gasteiger partial charge in [-0.25, -0.2) is 4.79 Å². The number of allylic oxidation sites excluding steroid dienone is 1. The van der Waals surface area contributed by atoms with Gasteiger partial charge in [0.25, 0.3) is 0 Å². The van der Waals surface area contributed by atoms with Crippen molar-refractivity contribution in [2.45, 2.75) is 64.9 Å². The van der Waals surface area contributed by atoms with Gasteiger partial charge in [0, 0.05) is 0 Å². The zero-order valence-corrected chi connectivity index (χ0v) is 13.8. The lowest BCUT2D eigenvalue weighted by atomic mass is 9.82. The van der Waals surface area contributed by atoms with Crippen molar-refractivity contribution in [3.05, 3.63) is 47.0 Å². The van der Waals surface area contributed by atoms with Crippen LogP contribution in [0.25, 0.3) is 0 Å². The lowest BCUT2D eigenvalue weighted by Crippen LogP contribution is -2.27. The molecule has 0 saturated heterocycles. The van der Waals surface area contributed by atoms with Gasteiger partial charge in [0.1, 0.15) is 5.60 Å². The van der Waals surface area contributed by atoms with E-state index in [9.17, 15) is 4.79 Å². The molecule has 0 fully saturated rings. The van der Waals surface area contributed by atoms with Crippen molar-refractivity contribution < 1.29 is 9.53 Å². The molecule has 0 heterocycles. The van der Waals surface area contributed by atoms with Gasteiger partial charge in [0.2, 0.25) is 0 Å². The zero-order chi connectivity index (χ0) is 15.7. The highest BCUT2D eigenvalue weighted by molar-refractivity contribution is 5.89. The summed E-state index contributed by atoms with van der Waals surface area (Å²) in [6.45, 7) is 10.7. The summed E-state index contributed by atoms with van der Waals surface area (Å²) in [6, 6.07) is 7.84. The van der Waals surface area contributed by atoms with Crippen molar-refractivity contribution in [3.63, 3.8) is 0 Å². The smallest absolute Gasteiger partial charge is 0.338 e. The first-order valence-electron chi connectivity index (χ1n) is 7.78. The van der Waals surface area contributed by atoms with Crippen LogP contribution in [0, 0.1) is 0 Å². The minimum Gasteiger partial charge on any atom is -0.452 e. The lowest BCUT2D eigenvalue weighted by molar-refractivity contribution is 0.0110. The van der Waals surface area contributed by atoms with E-state index in [1.807, 2.05) is 31.2 Å². The first kappa shape index (κ1) is 15.8. The Balaban J connectivity index is 2.11. The molecule has 114 valence electrons. The topological polar surface area (TPSA) is 26.3 Å². The first-order valence-corrected chi connectivity index (χ1v) is 7.78. The summed E-state index contributed by atoms with van der Waals surface area (Å²) in [6.07, 6.45) is 5.03. The fourth-order valence-corrected chi connectivity index (χ4v) is 2.72. The predicted octanol–water partition coefficient (Wildman–Crippen LogP) is 5.03. The summed E-state index contributed by atoms with van der Waals surface area (Å²) in [7, 11) is 0. The number of benzene rings is 1. The van der Waals surface area contributed by atoms with Gasteiger partial charge < -0.3 is 4.74 Å². The third kappa shape index (κ3) is 3.55. The van der Waals surface area contributed by atoms with Gasteiger partial charge in [0.05, 0.1) is 5.56 Å². The molecule has 0 spiro atoms. The van der Waals surface area contributed by atoms with E-state index in [2.05, 4.69) is 33.8 Å². The summed E-state index contributed by atoms with van der Waals surface area (Å²) >= 11 is 0. The molecule has 2 rings (SSSR count). The van der Waals surface area contributed by atoms with E-state index in [0.29, 0.717) is 5.56 Å². The van der Waals surface area contributed by atoms with Crippen molar-refractivity contribution >= 4 is 5.97 Å². The largest absolute Gasteiger partial charge is 0.452 e. The zero-order valence-electron chi connectivity index (χ0n) is 13.8. The first-order chi connectivity index (χ1) is 9.76. The molecule has 0 radical (unpaired) electrons. The van der Waals surface area contributed by atoms with Gasteiger partial charge in [-0.05, 0) is 62.3 Å². The maximum absolute atomic E-state index is 12.3. The molecule has 1 atom stereocenters. The molecule has 0 amide bonds. The summed E-state index contributed by atoms with van der Waals surface area (Å²) in [5, 5.41) is 0. The van der Waals surface area contributed by atoms with Crippen LogP contribution in [0.2, 0.25) is 0 Å². The Bertz CT molecular complexity index is 551. The summed E-state index contributed by atoms with van der Waals surface area (Å²) < 4.78 is 5.69. The molecule has 1 aliphatic carbocycles. The molecule has 0 aliphatic heterocycles. The molecule has 0 saturated carbocycles. The van der Waals surface area contributed by atoms with E-state index in [0.717, 1.165) is 19.3 Å². The fourth-order valence-electron chi connectivity index (χ4n) is 2.72. The Morgan fingerprint density at radius 3 is 2.38 bits per heavy atom. The van der Waals surface area contributed by atoms with E-state index >= 15 is 0 Å². The van der Waals surface area contributed by atoms with Gasteiger partial charge in [-0.3, -0.25) is 0 Å². The average molecular weight is 286 g/mol. The van der Waals surface area contributed by atoms with Crippen LogP contribution in [0.4, 0.5) is 0 Å². The number of carbonyl (C=O) groups excluding carboxylic acids is 1. The molecule has 1 aliphatic rings. The van der Waals surface area contributed by atoms with Gasteiger partial charge in [0.15, 0.2) is 0 Å². The van der Waals surface area contributed by atoms with Gasteiger partial charge in [-0.1, -0.05) is 38.5 Å². The number of carbonyl (C=O) groups is 1. The molecule has 1 aromatic carbocycles. The second kappa shape index (κ2) is 5.67. The van der Waals surface area contributed by atoms with E-state index in [4.69, 9.17) is 4.74 Å². The lowest BCUT2D eigenvalue weighted by Gasteiger charge is -2.24. The molecule has 2 heteroatoms. The number of rotatable bonds is 4. The van der Waals surface area contributed by atoms with E-state index in [1.54, 1.807) is 0 Å². The fraction of sp³-hybridized carbons (Fsp3) is 0.526. The third-order valence-corrected chi connectivity index (χ3v) is 4.68. The highest BCUT2D eigenvalue weighted by Crippen LogP contribution is 2.32. The Morgan fingerprint density at radius 1 is 1.29 bits per heavy atom. The molecule has 0 N–H and O–H groups in total. The van der Waals surface area contributed by atoms with E-state index < -0.39 is 5.60 Å². The number of esters is 1. The van der Waals surface area contributed by atoms with Gasteiger partial charge >= 0.3 is 5.97 Å². The van der Waals surface area contributed by atoms with E-state index in [-0.39, 0.29) is 11.4 Å². The van der Waals surface area contributed by atoms with Crippen LogP contribution >= 0.6 is 0 Å². The molecule has 0 aromatic heterocycles. The maximum atomic E-state index is 12.3. The Labute approximate surface area is 128 Å². The molecular weight excluding hydrogens is 260 g/mol. The minimum atomic E-state index is -0.442. The van der Waals surface area contributed by atoms with Crippen molar-refractivity contribution in [1.29, 1.82) is 0 Å². The highest BCUT2D eigenvalue weighted by atomic mass is 16.6.